The van der Waals surface area contributed by atoms with Gasteiger partial charge in [-0.05, 0) is 23.8 Å². The zero-order chi connectivity index (χ0) is 19.4. The molecule has 9 heteroatoms. The lowest BCUT2D eigenvalue weighted by Gasteiger charge is -2.13. The zero-order valence-electron chi connectivity index (χ0n) is 13.8. The number of benzene rings is 2. The van der Waals surface area contributed by atoms with Crippen LogP contribution in [0.4, 0.5) is 17.6 Å². The first-order chi connectivity index (χ1) is 12.9. The highest BCUT2D eigenvalue weighted by Gasteiger charge is 2.35. The summed E-state index contributed by atoms with van der Waals surface area (Å²) in [7, 11) is 0. The van der Waals surface area contributed by atoms with Gasteiger partial charge in [0.25, 0.3) is 5.89 Å². The Bertz CT molecular complexity index is 910. The molecule has 0 radical (unpaired) electrons. The summed E-state index contributed by atoms with van der Waals surface area (Å²) < 4.78 is 61.9. The van der Waals surface area contributed by atoms with Gasteiger partial charge in [-0.25, -0.2) is 4.39 Å². The molecule has 0 aliphatic rings. The van der Waals surface area contributed by atoms with E-state index < -0.39 is 30.8 Å². The lowest BCUT2D eigenvalue weighted by molar-refractivity contribution is -0.138. The summed E-state index contributed by atoms with van der Waals surface area (Å²) in [4.78, 5) is 4.14. The first-order valence-electron chi connectivity index (χ1n) is 7.81. The molecule has 0 saturated carbocycles. The van der Waals surface area contributed by atoms with Crippen LogP contribution < -0.4 is 4.74 Å². The minimum Gasteiger partial charge on any atom is -0.490 e. The Morgan fingerprint density at radius 2 is 1.74 bits per heavy atom. The fraction of sp³-hybridized carbons (Fsp3) is 0.222. The van der Waals surface area contributed by atoms with E-state index in [-0.39, 0.29) is 17.3 Å². The van der Waals surface area contributed by atoms with Gasteiger partial charge < -0.3 is 9.26 Å². The van der Waals surface area contributed by atoms with Crippen LogP contribution in [0, 0.1) is 0 Å². The first-order valence-corrected chi connectivity index (χ1v) is 8.35. The van der Waals surface area contributed by atoms with Crippen LogP contribution in [0.3, 0.4) is 0 Å². The van der Waals surface area contributed by atoms with Crippen LogP contribution in [-0.2, 0) is 12.1 Å². The Morgan fingerprint density at radius 3 is 2.37 bits per heavy atom. The highest BCUT2D eigenvalue weighted by Crippen LogP contribution is 2.38. The molecule has 27 heavy (non-hydrogen) atoms. The fourth-order valence-corrected chi connectivity index (χ4v) is 2.54. The van der Waals surface area contributed by atoms with Gasteiger partial charge in [0.1, 0.15) is 19.0 Å². The molecule has 3 rings (SSSR count). The lowest BCUT2D eigenvalue weighted by Crippen LogP contribution is -2.10. The number of rotatable bonds is 6. The second kappa shape index (κ2) is 7.96. The quantitative estimate of drug-likeness (QED) is 0.404. The molecule has 0 atom stereocenters. The van der Waals surface area contributed by atoms with Crippen molar-refractivity contribution >= 4 is 11.6 Å². The molecule has 0 saturated heterocycles. The van der Waals surface area contributed by atoms with Crippen LogP contribution in [0.1, 0.15) is 11.1 Å². The smallest absolute Gasteiger partial charge is 0.419 e. The Labute approximate surface area is 156 Å². The fourth-order valence-electron chi connectivity index (χ4n) is 2.36. The van der Waals surface area contributed by atoms with Crippen molar-refractivity contribution in [3.8, 4) is 28.6 Å². The van der Waals surface area contributed by atoms with Crippen LogP contribution in [-0.4, -0.2) is 23.4 Å². The average Bonchev–Trinajstić information content (AvgIpc) is 3.15. The second-order valence-electron chi connectivity index (χ2n) is 5.50. The van der Waals surface area contributed by atoms with Crippen molar-refractivity contribution < 1.29 is 26.8 Å². The molecule has 142 valence electrons. The number of aromatic nitrogens is 2. The van der Waals surface area contributed by atoms with Gasteiger partial charge in [0.2, 0.25) is 5.82 Å². The van der Waals surface area contributed by atoms with Crippen LogP contribution in [0.2, 0.25) is 0 Å². The highest BCUT2D eigenvalue weighted by atomic mass is 35.5. The van der Waals surface area contributed by atoms with E-state index in [0.29, 0.717) is 11.4 Å². The molecule has 0 bridgehead atoms. The Balaban J connectivity index is 1.93. The van der Waals surface area contributed by atoms with Crippen molar-refractivity contribution in [3.63, 3.8) is 0 Å². The molecule has 4 nitrogen and oxygen atoms in total. The van der Waals surface area contributed by atoms with Gasteiger partial charge in [-0.15, -0.1) is 11.6 Å². The average molecular weight is 401 g/mol. The molecule has 0 unspecified atom stereocenters. The predicted octanol–water partition coefficient (Wildman–Crippen LogP) is 5.51. The van der Waals surface area contributed by atoms with Crippen LogP contribution >= 0.6 is 11.6 Å². The molecule has 0 amide bonds. The molecule has 1 heterocycles. The number of halogens is 5. The van der Waals surface area contributed by atoms with E-state index >= 15 is 0 Å². The third kappa shape index (κ3) is 4.39. The SMILES string of the molecule is FCCOc1ccc(-c2nc(-c3ccc(CCl)cc3)no2)cc1C(F)(F)F. The number of hydrogen-bond acceptors (Lipinski definition) is 4. The summed E-state index contributed by atoms with van der Waals surface area (Å²) in [5, 5.41) is 3.80. The Morgan fingerprint density at radius 1 is 1.04 bits per heavy atom. The topological polar surface area (TPSA) is 48.2 Å². The van der Waals surface area contributed by atoms with Crippen molar-refractivity contribution in [3.05, 3.63) is 53.6 Å². The van der Waals surface area contributed by atoms with Gasteiger partial charge in [0.05, 0.1) is 5.56 Å². The monoisotopic (exact) mass is 400 g/mol. The normalized spacial score (nSPS) is 11.6. The van der Waals surface area contributed by atoms with Gasteiger partial charge in [-0.1, -0.05) is 29.4 Å². The molecule has 0 fully saturated rings. The van der Waals surface area contributed by atoms with E-state index in [4.69, 9.17) is 20.9 Å². The Hall–Kier alpha value is -2.61. The van der Waals surface area contributed by atoms with Crippen molar-refractivity contribution in [2.75, 3.05) is 13.3 Å². The summed E-state index contributed by atoms with van der Waals surface area (Å²) >= 11 is 5.73. The van der Waals surface area contributed by atoms with E-state index in [1.807, 2.05) is 0 Å². The second-order valence-corrected chi connectivity index (χ2v) is 5.77. The van der Waals surface area contributed by atoms with Gasteiger partial charge in [-0.2, -0.15) is 18.2 Å². The molecule has 0 aliphatic carbocycles. The first kappa shape index (κ1) is 19.2. The minimum absolute atomic E-state index is 0.0750. The van der Waals surface area contributed by atoms with Gasteiger partial charge >= 0.3 is 6.18 Å². The maximum absolute atomic E-state index is 13.3. The summed E-state index contributed by atoms with van der Waals surface area (Å²) in [5.74, 6) is 0.0566. The zero-order valence-corrected chi connectivity index (χ0v) is 14.5. The van der Waals surface area contributed by atoms with Crippen LogP contribution in [0.5, 0.6) is 5.75 Å². The minimum atomic E-state index is -4.68. The van der Waals surface area contributed by atoms with E-state index in [1.165, 1.54) is 6.07 Å². The summed E-state index contributed by atoms with van der Waals surface area (Å²) in [5.41, 5.74) is 0.575. The van der Waals surface area contributed by atoms with Crippen molar-refractivity contribution in [2.24, 2.45) is 0 Å². The molecular formula is C18H13ClF4N2O2. The number of alkyl halides is 5. The largest absolute Gasteiger partial charge is 0.490 e. The van der Waals surface area contributed by atoms with Crippen LogP contribution in [0.25, 0.3) is 22.8 Å². The van der Waals surface area contributed by atoms with Gasteiger partial charge in [0.15, 0.2) is 0 Å². The Kier molecular flexibility index (Phi) is 5.65. The number of ether oxygens (including phenoxy) is 1. The van der Waals surface area contributed by atoms with Gasteiger partial charge in [0, 0.05) is 17.0 Å². The molecular weight excluding hydrogens is 388 g/mol. The van der Waals surface area contributed by atoms with Gasteiger partial charge in [-0.3, -0.25) is 0 Å². The van der Waals surface area contributed by atoms with Crippen molar-refractivity contribution in [1.29, 1.82) is 0 Å². The summed E-state index contributed by atoms with van der Waals surface area (Å²) in [6.07, 6.45) is -4.68. The third-order valence-corrected chi connectivity index (χ3v) is 3.97. The molecule has 0 spiro atoms. The highest BCUT2D eigenvalue weighted by molar-refractivity contribution is 6.17. The maximum Gasteiger partial charge on any atom is 0.419 e. The number of nitrogens with zero attached hydrogens (tertiary/aromatic N) is 2. The molecule has 2 aromatic carbocycles. The predicted molar refractivity (Wildman–Crippen MR) is 91.2 cm³/mol. The third-order valence-electron chi connectivity index (χ3n) is 3.66. The standard InChI is InChI=1S/C18H13ClF4N2O2/c19-10-11-1-3-12(4-2-11)16-24-17(27-25-16)13-5-6-15(26-8-7-20)14(9-13)18(21,22)23/h1-6,9H,7-8,10H2. The molecule has 0 aliphatic heterocycles. The lowest BCUT2D eigenvalue weighted by atomic mass is 10.1. The summed E-state index contributed by atoms with van der Waals surface area (Å²) in [6.45, 7) is -1.36. The van der Waals surface area contributed by atoms with E-state index in [9.17, 15) is 17.6 Å². The van der Waals surface area contributed by atoms with E-state index in [2.05, 4.69) is 10.1 Å². The maximum atomic E-state index is 13.3. The van der Waals surface area contributed by atoms with Crippen LogP contribution in [0.15, 0.2) is 47.0 Å². The van der Waals surface area contributed by atoms with E-state index in [1.54, 1.807) is 24.3 Å². The molecule has 3 aromatic rings. The van der Waals surface area contributed by atoms with E-state index in [0.717, 1.165) is 17.7 Å². The number of hydrogen-bond donors (Lipinski definition) is 0. The summed E-state index contributed by atoms with van der Waals surface area (Å²) in [6, 6.07) is 10.3. The molecule has 0 N–H and O–H groups in total. The van der Waals surface area contributed by atoms with Crippen molar-refractivity contribution in [1.82, 2.24) is 10.1 Å². The van der Waals surface area contributed by atoms with Crippen molar-refractivity contribution in [2.45, 2.75) is 12.1 Å². The molecule has 1 aromatic heterocycles.